The third-order valence-corrected chi connectivity index (χ3v) is 5.14. The van der Waals surface area contributed by atoms with Gasteiger partial charge in [-0.25, -0.2) is 17.9 Å². The molecule has 2 unspecified atom stereocenters. The Morgan fingerprint density at radius 3 is 2.57 bits per heavy atom. The molecule has 0 heterocycles. The molecule has 0 saturated heterocycles. The van der Waals surface area contributed by atoms with Gasteiger partial charge in [0.15, 0.2) is 0 Å². The van der Waals surface area contributed by atoms with Crippen LogP contribution in [0, 0.1) is 0 Å². The lowest BCUT2D eigenvalue weighted by Gasteiger charge is -2.26. The number of nitrogens with one attached hydrogen (secondary N) is 1. The number of carbonyl (C=O) groups excluding carboxylic acids is 1. The van der Waals surface area contributed by atoms with E-state index in [2.05, 4.69) is 11.3 Å². The second-order valence-corrected chi connectivity index (χ2v) is 7.63. The predicted octanol–water partition coefficient (Wildman–Crippen LogP) is 2.53. The third kappa shape index (κ3) is 6.61. The summed E-state index contributed by atoms with van der Waals surface area (Å²) in [6.07, 6.45) is 5.41. The van der Waals surface area contributed by atoms with Gasteiger partial charge in [-0.05, 0) is 32.6 Å². The molecule has 1 fully saturated rings. The van der Waals surface area contributed by atoms with Crippen molar-refractivity contribution in [1.29, 1.82) is 0 Å². The summed E-state index contributed by atoms with van der Waals surface area (Å²) in [6.45, 7) is 7.12. The first-order valence-electron chi connectivity index (χ1n) is 7.72. The van der Waals surface area contributed by atoms with E-state index in [4.69, 9.17) is 4.74 Å². The Morgan fingerprint density at radius 2 is 1.95 bits per heavy atom. The SMILES string of the molecule is C=C(C)C(=O)OC1CCCCCC1NS(=O)(=O)CCCC. The van der Waals surface area contributed by atoms with Crippen LogP contribution in [0.25, 0.3) is 0 Å². The quantitative estimate of drug-likeness (QED) is 0.445. The van der Waals surface area contributed by atoms with E-state index in [1.807, 2.05) is 6.92 Å². The molecule has 0 aromatic heterocycles. The molecular weight excluding hydrogens is 290 g/mol. The van der Waals surface area contributed by atoms with Crippen LogP contribution in [-0.4, -0.2) is 32.3 Å². The van der Waals surface area contributed by atoms with Gasteiger partial charge in [0.25, 0.3) is 0 Å². The lowest BCUT2D eigenvalue weighted by atomic mass is 10.1. The van der Waals surface area contributed by atoms with Crippen LogP contribution in [-0.2, 0) is 19.6 Å². The van der Waals surface area contributed by atoms with Gasteiger partial charge in [-0.15, -0.1) is 0 Å². The number of carbonyl (C=O) groups is 1. The Kier molecular flexibility index (Phi) is 7.39. The second-order valence-electron chi connectivity index (χ2n) is 5.76. The van der Waals surface area contributed by atoms with Crippen molar-refractivity contribution in [1.82, 2.24) is 4.72 Å². The Bertz CT molecular complexity index is 458. The standard InChI is InChI=1S/C15H27NO4S/c1-4-5-11-21(18,19)16-13-9-7-6-8-10-14(13)20-15(17)12(2)3/h13-14,16H,2,4-11H2,1,3H3. The maximum atomic E-state index is 12.1. The molecule has 1 rings (SSSR count). The number of sulfonamides is 1. The van der Waals surface area contributed by atoms with Gasteiger partial charge in [0.2, 0.25) is 10.0 Å². The summed E-state index contributed by atoms with van der Waals surface area (Å²) in [7, 11) is -3.31. The number of esters is 1. The highest BCUT2D eigenvalue weighted by Gasteiger charge is 2.30. The van der Waals surface area contributed by atoms with E-state index in [1.165, 1.54) is 0 Å². The Hall–Kier alpha value is -0.880. The lowest BCUT2D eigenvalue weighted by Crippen LogP contribution is -2.45. The normalized spacial score (nSPS) is 23.3. The van der Waals surface area contributed by atoms with E-state index < -0.39 is 22.1 Å². The fraction of sp³-hybridized carbons (Fsp3) is 0.800. The van der Waals surface area contributed by atoms with Gasteiger partial charge >= 0.3 is 5.97 Å². The number of unbranched alkanes of at least 4 members (excludes halogenated alkanes) is 1. The van der Waals surface area contributed by atoms with Crippen LogP contribution >= 0.6 is 0 Å². The average Bonchev–Trinajstić information content (AvgIpc) is 2.62. The molecule has 1 saturated carbocycles. The van der Waals surface area contributed by atoms with Crippen molar-refractivity contribution in [3.63, 3.8) is 0 Å². The molecule has 21 heavy (non-hydrogen) atoms. The van der Waals surface area contributed by atoms with E-state index in [0.29, 0.717) is 24.8 Å². The van der Waals surface area contributed by atoms with E-state index in [9.17, 15) is 13.2 Å². The van der Waals surface area contributed by atoms with Crippen LogP contribution in [0.15, 0.2) is 12.2 Å². The molecule has 1 N–H and O–H groups in total. The molecule has 1 aliphatic rings. The fourth-order valence-corrected chi connectivity index (χ4v) is 3.93. The van der Waals surface area contributed by atoms with E-state index in [1.54, 1.807) is 6.92 Å². The summed E-state index contributed by atoms with van der Waals surface area (Å²) in [5.74, 6) is -0.319. The zero-order chi connectivity index (χ0) is 15.9. The predicted molar refractivity (Wildman–Crippen MR) is 83.4 cm³/mol. The lowest BCUT2D eigenvalue weighted by molar-refractivity contribution is -0.145. The van der Waals surface area contributed by atoms with Crippen molar-refractivity contribution in [2.45, 2.75) is 70.9 Å². The molecule has 0 aromatic rings. The highest BCUT2D eigenvalue weighted by atomic mass is 32.2. The van der Waals surface area contributed by atoms with Gasteiger partial charge in [0, 0.05) is 5.57 Å². The van der Waals surface area contributed by atoms with Gasteiger partial charge < -0.3 is 4.74 Å². The highest BCUT2D eigenvalue weighted by molar-refractivity contribution is 7.89. The van der Waals surface area contributed by atoms with Crippen molar-refractivity contribution < 1.29 is 17.9 Å². The number of hydrogen-bond donors (Lipinski definition) is 1. The van der Waals surface area contributed by atoms with Gasteiger partial charge in [0.05, 0.1) is 11.8 Å². The van der Waals surface area contributed by atoms with Gasteiger partial charge in [0.1, 0.15) is 6.10 Å². The van der Waals surface area contributed by atoms with Crippen molar-refractivity contribution in [3.8, 4) is 0 Å². The summed E-state index contributed by atoms with van der Waals surface area (Å²) >= 11 is 0. The minimum Gasteiger partial charge on any atom is -0.457 e. The molecule has 1 aliphatic carbocycles. The second kappa shape index (κ2) is 8.54. The van der Waals surface area contributed by atoms with E-state index >= 15 is 0 Å². The van der Waals surface area contributed by atoms with Crippen molar-refractivity contribution in [2.24, 2.45) is 0 Å². The number of ether oxygens (including phenoxy) is 1. The summed E-state index contributed by atoms with van der Waals surface area (Å²) in [5, 5.41) is 0. The summed E-state index contributed by atoms with van der Waals surface area (Å²) in [5.41, 5.74) is 0.340. The van der Waals surface area contributed by atoms with Crippen LogP contribution in [0.1, 0.15) is 58.8 Å². The Labute approximate surface area is 128 Å². The van der Waals surface area contributed by atoms with Gasteiger partial charge in [-0.1, -0.05) is 32.8 Å². The molecule has 0 aromatic carbocycles. The van der Waals surface area contributed by atoms with Crippen molar-refractivity contribution in [3.05, 3.63) is 12.2 Å². The molecule has 0 radical (unpaired) electrons. The third-order valence-electron chi connectivity index (χ3n) is 3.66. The molecular formula is C15H27NO4S. The fourth-order valence-electron chi connectivity index (χ4n) is 2.41. The van der Waals surface area contributed by atoms with Gasteiger partial charge in [-0.2, -0.15) is 0 Å². The number of rotatable bonds is 7. The topological polar surface area (TPSA) is 72.5 Å². The van der Waals surface area contributed by atoms with Crippen LogP contribution in [0.2, 0.25) is 0 Å². The molecule has 0 amide bonds. The van der Waals surface area contributed by atoms with E-state index in [-0.39, 0.29) is 11.8 Å². The maximum Gasteiger partial charge on any atom is 0.333 e. The molecule has 5 nitrogen and oxygen atoms in total. The van der Waals surface area contributed by atoms with Crippen LogP contribution in [0.4, 0.5) is 0 Å². The Morgan fingerprint density at radius 1 is 1.29 bits per heavy atom. The number of hydrogen-bond acceptors (Lipinski definition) is 4. The van der Waals surface area contributed by atoms with Crippen LogP contribution < -0.4 is 4.72 Å². The maximum absolute atomic E-state index is 12.1. The largest absolute Gasteiger partial charge is 0.457 e. The van der Waals surface area contributed by atoms with Crippen LogP contribution in [0.5, 0.6) is 0 Å². The summed E-state index contributed by atoms with van der Waals surface area (Å²) in [4.78, 5) is 11.7. The Balaban J connectivity index is 2.73. The first kappa shape index (κ1) is 18.2. The first-order chi connectivity index (χ1) is 9.85. The van der Waals surface area contributed by atoms with Gasteiger partial charge in [-0.3, -0.25) is 0 Å². The molecule has 0 aliphatic heterocycles. The molecule has 6 heteroatoms. The highest BCUT2D eigenvalue weighted by Crippen LogP contribution is 2.22. The molecule has 0 spiro atoms. The molecule has 0 bridgehead atoms. The zero-order valence-corrected chi connectivity index (χ0v) is 13.9. The first-order valence-corrected chi connectivity index (χ1v) is 9.37. The molecule has 122 valence electrons. The summed E-state index contributed by atoms with van der Waals surface area (Å²) < 4.78 is 32.3. The average molecular weight is 317 g/mol. The zero-order valence-electron chi connectivity index (χ0n) is 13.1. The summed E-state index contributed by atoms with van der Waals surface area (Å²) in [6, 6.07) is -0.322. The van der Waals surface area contributed by atoms with Crippen molar-refractivity contribution in [2.75, 3.05) is 5.75 Å². The minimum atomic E-state index is -3.31. The smallest absolute Gasteiger partial charge is 0.333 e. The van der Waals surface area contributed by atoms with Crippen LogP contribution in [0.3, 0.4) is 0 Å². The van der Waals surface area contributed by atoms with Crippen molar-refractivity contribution >= 4 is 16.0 Å². The molecule has 2 atom stereocenters. The van der Waals surface area contributed by atoms with E-state index in [0.717, 1.165) is 25.7 Å². The monoisotopic (exact) mass is 317 g/mol. The minimum absolute atomic E-state index is 0.126.